The molecule has 0 aromatic heterocycles. The Hall–Kier alpha value is -2.47. The fourth-order valence-corrected chi connectivity index (χ4v) is 5.77. The lowest BCUT2D eigenvalue weighted by Gasteiger charge is -2.44. The number of alkyl halides is 2. The zero-order chi connectivity index (χ0) is 23.2. The number of hydrogen-bond acceptors (Lipinski definition) is 3. The zero-order valence-corrected chi connectivity index (χ0v) is 19.3. The van der Waals surface area contributed by atoms with Crippen molar-refractivity contribution in [2.45, 2.75) is 58.1 Å². The number of rotatable bonds is 4. The summed E-state index contributed by atoms with van der Waals surface area (Å²) < 4.78 is 32.2. The number of amides is 1. The molecule has 3 heterocycles. The number of aryl methyl sites for hydroxylation is 1. The topological polar surface area (TPSA) is 41.6 Å². The second kappa shape index (κ2) is 8.71. The second-order valence-corrected chi connectivity index (χ2v) is 10.5. The van der Waals surface area contributed by atoms with Gasteiger partial charge in [-0.15, -0.1) is 0 Å². The predicted molar refractivity (Wildman–Crippen MR) is 124 cm³/mol. The van der Waals surface area contributed by atoms with E-state index in [1.165, 1.54) is 6.07 Å². The Bertz CT molecular complexity index is 1030. The average Bonchev–Trinajstić information content (AvgIpc) is 2.81. The standard InChI is InChI=1S/C27H32F2N2O2/c1-27(2)11-8-20-14-19(18-4-3-5-21(15-18)25(28)29)6-7-22(20)24(27)30-26(32)33-23-16-31-12-9-17(23)10-13-31/h3-7,14-15,17,23-25H,8-13,16H2,1-2H3,(H,30,32)/t23-,24?/m0/s1. The highest BCUT2D eigenvalue weighted by molar-refractivity contribution is 5.70. The highest BCUT2D eigenvalue weighted by Gasteiger charge is 2.40. The summed E-state index contributed by atoms with van der Waals surface area (Å²) in [4.78, 5) is 15.3. The normalized spacial score (nSPS) is 27.8. The lowest BCUT2D eigenvalue weighted by Crippen LogP contribution is -2.53. The van der Waals surface area contributed by atoms with Gasteiger partial charge in [0.25, 0.3) is 6.43 Å². The van der Waals surface area contributed by atoms with E-state index in [9.17, 15) is 13.6 Å². The summed E-state index contributed by atoms with van der Waals surface area (Å²) in [6.07, 6.45) is 1.16. The van der Waals surface area contributed by atoms with Gasteiger partial charge in [0, 0.05) is 12.1 Å². The van der Waals surface area contributed by atoms with Gasteiger partial charge in [-0.1, -0.05) is 50.2 Å². The first kappa shape index (κ1) is 22.3. The van der Waals surface area contributed by atoms with E-state index >= 15 is 0 Å². The molecule has 6 rings (SSSR count). The van der Waals surface area contributed by atoms with Gasteiger partial charge in [-0.2, -0.15) is 0 Å². The van der Waals surface area contributed by atoms with Crippen molar-refractivity contribution in [3.8, 4) is 11.1 Å². The largest absolute Gasteiger partial charge is 0.445 e. The van der Waals surface area contributed by atoms with E-state index in [4.69, 9.17) is 4.74 Å². The van der Waals surface area contributed by atoms with Crippen molar-refractivity contribution in [3.05, 3.63) is 59.2 Å². The molecule has 2 aromatic carbocycles. The number of piperidine rings is 3. The van der Waals surface area contributed by atoms with Crippen molar-refractivity contribution < 1.29 is 18.3 Å². The Kier molecular flexibility index (Phi) is 5.89. The van der Waals surface area contributed by atoms with E-state index in [0.717, 1.165) is 67.6 Å². The summed E-state index contributed by atoms with van der Waals surface area (Å²) in [6, 6.07) is 12.5. The lowest BCUT2D eigenvalue weighted by molar-refractivity contribution is -0.0353. The van der Waals surface area contributed by atoms with Crippen molar-refractivity contribution in [1.29, 1.82) is 0 Å². The van der Waals surface area contributed by atoms with Gasteiger partial charge in [-0.3, -0.25) is 4.90 Å². The first-order valence-electron chi connectivity index (χ1n) is 12.0. The van der Waals surface area contributed by atoms with Crippen LogP contribution in [-0.4, -0.2) is 36.7 Å². The highest BCUT2D eigenvalue weighted by Crippen LogP contribution is 2.44. The number of alkyl carbamates (subject to hydrolysis) is 1. The lowest BCUT2D eigenvalue weighted by atomic mass is 9.70. The highest BCUT2D eigenvalue weighted by atomic mass is 19.3. The van der Waals surface area contributed by atoms with Crippen LogP contribution < -0.4 is 5.32 Å². The monoisotopic (exact) mass is 454 g/mol. The number of nitrogens with zero attached hydrogens (tertiary/aromatic N) is 1. The van der Waals surface area contributed by atoms with Gasteiger partial charge in [0.1, 0.15) is 6.10 Å². The van der Waals surface area contributed by atoms with Crippen LogP contribution in [0.15, 0.2) is 42.5 Å². The molecule has 2 bridgehead atoms. The fourth-order valence-electron chi connectivity index (χ4n) is 5.77. The first-order chi connectivity index (χ1) is 15.8. The van der Waals surface area contributed by atoms with Crippen molar-refractivity contribution in [2.75, 3.05) is 19.6 Å². The van der Waals surface area contributed by atoms with E-state index in [2.05, 4.69) is 30.1 Å². The van der Waals surface area contributed by atoms with Crippen LogP contribution in [0.25, 0.3) is 11.1 Å². The molecule has 4 aliphatic rings. The van der Waals surface area contributed by atoms with Crippen LogP contribution >= 0.6 is 0 Å². The molecular formula is C27H32F2N2O2. The van der Waals surface area contributed by atoms with Crippen molar-refractivity contribution in [1.82, 2.24) is 10.2 Å². The molecule has 1 N–H and O–H groups in total. The van der Waals surface area contributed by atoms with Crippen molar-refractivity contribution in [3.63, 3.8) is 0 Å². The number of nitrogens with one attached hydrogen (secondary N) is 1. The summed E-state index contributed by atoms with van der Waals surface area (Å²) in [5, 5.41) is 3.18. The van der Waals surface area contributed by atoms with Crippen LogP contribution in [0.2, 0.25) is 0 Å². The number of hydrogen-bond donors (Lipinski definition) is 1. The maximum atomic E-state index is 13.2. The molecule has 0 radical (unpaired) electrons. The van der Waals surface area contributed by atoms with E-state index in [-0.39, 0.29) is 29.2 Å². The summed E-state index contributed by atoms with van der Waals surface area (Å²) in [6.45, 7) is 7.41. The van der Waals surface area contributed by atoms with Gasteiger partial charge in [0.2, 0.25) is 0 Å². The third-order valence-electron chi connectivity index (χ3n) is 7.86. The van der Waals surface area contributed by atoms with Gasteiger partial charge in [-0.25, -0.2) is 13.6 Å². The van der Waals surface area contributed by atoms with Crippen LogP contribution in [0.1, 0.15) is 62.3 Å². The van der Waals surface area contributed by atoms with Gasteiger partial charge in [0.15, 0.2) is 0 Å². The predicted octanol–water partition coefficient (Wildman–Crippen LogP) is 6.13. The number of carbonyl (C=O) groups excluding carboxylic acids is 1. The first-order valence-corrected chi connectivity index (χ1v) is 12.0. The Morgan fingerprint density at radius 3 is 2.58 bits per heavy atom. The summed E-state index contributed by atoms with van der Waals surface area (Å²) in [7, 11) is 0. The van der Waals surface area contributed by atoms with Crippen LogP contribution in [-0.2, 0) is 11.2 Å². The zero-order valence-electron chi connectivity index (χ0n) is 19.3. The third-order valence-corrected chi connectivity index (χ3v) is 7.86. The number of benzene rings is 2. The minimum atomic E-state index is -2.49. The molecule has 3 fully saturated rings. The Morgan fingerprint density at radius 2 is 1.88 bits per heavy atom. The number of halogens is 2. The molecule has 4 nitrogen and oxygen atoms in total. The number of fused-ring (bicyclic) bond motifs is 4. The van der Waals surface area contributed by atoms with Crippen LogP contribution in [0.3, 0.4) is 0 Å². The van der Waals surface area contributed by atoms with E-state index in [0.29, 0.717) is 5.92 Å². The van der Waals surface area contributed by atoms with E-state index in [1.54, 1.807) is 12.1 Å². The maximum absolute atomic E-state index is 13.2. The molecule has 176 valence electrons. The van der Waals surface area contributed by atoms with Gasteiger partial charge in [0.05, 0.1) is 6.04 Å². The molecule has 1 aliphatic carbocycles. The smallest absolute Gasteiger partial charge is 0.407 e. The molecule has 3 aliphatic heterocycles. The maximum Gasteiger partial charge on any atom is 0.407 e. The Morgan fingerprint density at radius 1 is 1.12 bits per heavy atom. The van der Waals surface area contributed by atoms with Crippen LogP contribution in [0, 0.1) is 11.3 Å². The van der Waals surface area contributed by atoms with Gasteiger partial charge < -0.3 is 10.1 Å². The quantitative estimate of drug-likeness (QED) is 0.605. The Balaban J connectivity index is 1.35. The van der Waals surface area contributed by atoms with Gasteiger partial charge in [-0.05, 0) is 78.4 Å². The second-order valence-electron chi connectivity index (χ2n) is 10.5. The molecule has 1 unspecified atom stereocenters. The Labute approximate surface area is 194 Å². The molecule has 33 heavy (non-hydrogen) atoms. The third kappa shape index (κ3) is 4.50. The summed E-state index contributed by atoms with van der Waals surface area (Å²) >= 11 is 0. The minimum absolute atomic E-state index is 0.0249. The van der Waals surface area contributed by atoms with Crippen LogP contribution in [0.4, 0.5) is 13.6 Å². The van der Waals surface area contributed by atoms with E-state index in [1.807, 2.05) is 18.2 Å². The molecule has 2 aromatic rings. The van der Waals surface area contributed by atoms with E-state index < -0.39 is 6.43 Å². The van der Waals surface area contributed by atoms with Crippen molar-refractivity contribution >= 4 is 6.09 Å². The summed E-state index contributed by atoms with van der Waals surface area (Å²) in [5.74, 6) is 0.471. The molecule has 1 amide bonds. The molecule has 3 saturated heterocycles. The molecule has 6 heteroatoms. The molecule has 0 spiro atoms. The molecular weight excluding hydrogens is 422 g/mol. The summed E-state index contributed by atoms with van der Waals surface area (Å²) in [5.41, 5.74) is 3.86. The molecule has 0 saturated carbocycles. The minimum Gasteiger partial charge on any atom is -0.445 e. The number of ether oxygens (including phenoxy) is 1. The van der Waals surface area contributed by atoms with Crippen LogP contribution in [0.5, 0.6) is 0 Å². The fraction of sp³-hybridized carbons (Fsp3) is 0.519. The molecule has 2 atom stereocenters. The van der Waals surface area contributed by atoms with Gasteiger partial charge >= 0.3 is 6.09 Å². The SMILES string of the molecule is CC1(C)CCc2cc(-c3cccc(C(F)F)c3)ccc2C1NC(=O)O[C@H]1CN2CCC1CC2. The average molecular weight is 455 g/mol. The van der Waals surface area contributed by atoms with Crippen molar-refractivity contribution in [2.24, 2.45) is 11.3 Å². The number of carbonyl (C=O) groups is 1.